The molecule has 0 aromatic rings. The SMILES string of the molecule is CCN1C(=O)CC(=O)[N-]C1=O.[Na+]. The minimum absolute atomic E-state index is 0. The second kappa shape index (κ2) is 4.59. The number of nitrogens with zero attached hydrogens (tertiary/aromatic N) is 2. The third-order valence-corrected chi connectivity index (χ3v) is 1.37. The van der Waals surface area contributed by atoms with Gasteiger partial charge in [0, 0.05) is 0 Å². The average Bonchev–Trinajstić information content (AvgIpc) is 1.85. The summed E-state index contributed by atoms with van der Waals surface area (Å²) in [7, 11) is 0. The fraction of sp³-hybridized carbons (Fsp3) is 0.500. The van der Waals surface area contributed by atoms with E-state index in [0.717, 1.165) is 4.90 Å². The Morgan fingerprint density at radius 2 is 2.00 bits per heavy atom. The van der Waals surface area contributed by atoms with Crippen molar-refractivity contribution in [3.63, 3.8) is 0 Å². The Labute approximate surface area is 91.8 Å². The molecule has 0 aromatic heterocycles. The average molecular weight is 178 g/mol. The van der Waals surface area contributed by atoms with Gasteiger partial charge >= 0.3 is 29.6 Å². The molecule has 1 aliphatic rings. The van der Waals surface area contributed by atoms with Crippen molar-refractivity contribution < 1.29 is 43.9 Å². The number of carbonyl (C=O) groups excluding carboxylic acids is 3. The normalized spacial score (nSPS) is 17.1. The molecule has 0 aromatic carbocycles. The van der Waals surface area contributed by atoms with E-state index in [9.17, 15) is 14.4 Å². The van der Waals surface area contributed by atoms with Gasteiger partial charge in [0.1, 0.15) is 0 Å². The summed E-state index contributed by atoms with van der Waals surface area (Å²) in [6.07, 6.45) is -0.278. The molecule has 0 saturated carbocycles. The van der Waals surface area contributed by atoms with Crippen molar-refractivity contribution in [3.05, 3.63) is 5.32 Å². The predicted molar refractivity (Wildman–Crippen MR) is 35.8 cm³/mol. The summed E-state index contributed by atoms with van der Waals surface area (Å²) < 4.78 is 0. The molecule has 1 fully saturated rings. The third-order valence-electron chi connectivity index (χ3n) is 1.37. The summed E-state index contributed by atoms with van der Waals surface area (Å²) in [6, 6.07) is -0.742. The fourth-order valence-corrected chi connectivity index (χ4v) is 0.850. The van der Waals surface area contributed by atoms with Gasteiger partial charge in [-0.1, -0.05) is 6.92 Å². The topological polar surface area (TPSA) is 68.6 Å². The van der Waals surface area contributed by atoms with Crippen molar-refractivity contribution in [1.29, 1.82) is 0 Å². The molecule has 0 aliphatic carbocycles. The Kier molecular flexibility index (Phi) is 4.44. The van der Waals surface area contributed by atoms with Crippen LogP contribution in [0.5, 0.6) is 0 Å². The van der Waals surface area contributed by atoms with Crippen molar-refractivity contribution >= 4 is 17.8 Å². The van der Waals surface area contributed by atoms with Gasteiger partial charge in [0.25, 0.3) is 0 Å². The number of hydrogen-bond acceptors (Lipinski definition) is 3. The maximum absolute atomic E-state index is 10.9. The van der Waals surface area contributed by atoms with Crippen LogP contribution in [0.4, 0.5) is 4.79 Å². The molecule has 0 unspecified atom stereocenters. The van der Waals surface area contributed by atoms with E-state index >= 15 is 0 Å². The molecule has 1 aliphatic heterocycles. The molecule has 1 heterocycles. The third kappa shape index (κ3) is 2.30. The van der Waals surface area contributed by atoms with Crippen LogP contribution in [-0.2, 0) is 9.59 Å². The maximum Gasteiger partial charge on any atom is 1.00 e. The van der Waals surface area contributed by atoms with Gasteiger partial charge in [-0.15, -0.1) is 0 Å². The molecular formula is C6H7N2NaO3. The van der Waals surface area contributed by atoms with Crippen LogP contribution in [0.1, 0.15) is 13.3 Å². The van der Waals surface area contributed by atoms with Gasteiger partial charge in [0.05, 0.1) is 6.42 Å². The molecule has 5 nitrogen and oxygen atoms in total. The van der Waals surface area contributed by atoms with Gasteiger partial charge in [-0.05, 0) is 6.54 Å². The van der Waals surface area contributed by atoms with E-state index in [1.165, 1.54) is 0 Å². The number of urea groups is 1. The van der Waals surface area contributed by atoms with Gasteiger partial charge in [-0.2, -0.15) is 0 Å². The van der Waals surface area contributed by atoms with Gasteiger partial charge in [0.15, 0.2) is 17.8 Å². The number of amides is 4. The Bertz CT molecular complexity index is 209. The van der Waals surface area contributed by atoms with Crippen molar-refractivity contribution in [2.75, 3.05) is 6.54 Å². The van der Waals surface area contributed by atoms with Crippen LogP contribution in [0.3, 0.4) is 0 Å². The van der Waals surface area contributed by atoms with Crippen LogP contribution in [0, 0.1) is 0 Å². The Hall–Kier alpha value is -0.390. The zero-order chi connectivity index (χ0) is 8.43. The first kappa shape index (κ1) is 11.6. The largest absolute Gasteiger partial charge is 1.00 e. The van der Waals surface area contributed by atoms with Crippen LogP contribution in [0.25, 0.3) is 5.32 Å². The summed E-state index contributed by atoms with van der Waals surface area (Å²) in [4.78, 5) is 33.1. The minimum atomic E-state index is -0.742. The number of rotatable bonds is 1. The molecular weight excluding hydrogens is 171 g/mol. The zero-order valence-electron chi connectivity index (χ0n) is 7.03. The zero-order valence-corrected chi connectivity index (χ0v) is 9.03. The molecule has 0 atom stereocenters. The van der Waals surface area contributed by atoms with Crippen molar-refractivity contribution in [3.8, 4) is 0 Å². The van der Waals surface area contributed by atoms with Gasteiger partial charge in [-0.3, -0.25) is 14.4 Å². The molecule has 12 heavy (non-hydrogen) atoms. The molecule has 0 spiro atoms. The molecule has 6 heteroatoms. The van der Waals surface area contributed by atoms with Crippen LogP contribution >= 0.6 is 0 Å². The smallest absolute Gasteiger partial charge is 0.382 e. The van der Waals surface area contributed by atoms with E-state index in [0.29, 0.717) is 0 Å². The van der Waals surface area contributed by atoms with E-state index in [1.54, 1.807) is 6.92 Å². The molecule has 0 bridgehead atoms. The molecule has 0 radical (unpaired) electrons. The first-order valence-electron chi connectivity index (χ1n) is 3.24. The minimum Gasteiger partial charge on any atom is -0.382 e. The van der Waals surface area contributed by atoms with E-state index in [1.807, 2.05) is 0 Å². The predicted octanol–water partition coefficient (Wildman–Crippen LogP) is -2.74. The molecule has 1 rings (SSSR count). The standard InChI is InChI=1S/C6H8N2O3.Na/c1-2-8-5(10)3-4(9)7-6(8)11;/h2-3H2,1H3,(H,7,9,11);/q;+1/p-1. The van der Waals surface area contributed by atoms with Gasteiger partial charge < -0.3 is 10.2 Å². The summed E-state index contributed by atoms with van der Waals surface area (Å²) in [5, 5.41) is 3.11. The molecule has 1 saturated heterocycles. The maximum atomic E-state index is 10.9. The second-order valence-corrected chi connectivity index (χ2v) is 2.10. The van der Waals surface area contributed by atoms with Crippen molar-refractivity contribution in [2.45, 2.75) is 13.3 Å². The molecule has 0 N–H and O–H groups in total. The van der Waals surface area contributed by atoms with E-state index < -0.39 is 17.8 Å². The number of carbonyl (C=O) groups is 3. The van der Waals surface area contributed by atoms with Crippen LogP contribution in [-0.4, -0.2) is 29.3 Å². The van der Waals surface area contributed by atoms with Gasteiger partial charge in [-0.25, -0.2) is 0 Å². The van der Waals surface area contributed by atoms with Crippen LogP contribution in [0.2, 0.25) is 0 Å². The Morgan fingerprint density at radius 3 is 2.42 bits per heavy atom. The quantitative estimate of drug-likeness (QED) is 0.323. The monoisotopic (exact) mass is 178 g/mol. The second-order valence-electron chi connectivity index (χ2n) is 2.10. The van der Waals surface area contributed by atoms with Gasteiger partial charge in [0.2, 0.25) is 0 Å². The Morgan fingerprint density at radius 1 is 1.42 bits per heavy atom. The summed E-state index contributed by atoms with van der Waals surface area (Å²) in [6.45, 7) is 1.93. The fourth-order valence-electron chi connectivity index (χ4n) is 0.850. The van der Waals surface area contributed by atoms with Crippen LogP contribution < -0.4 is 29.6 Å². The Balaban J connectivity index is 0.00000121. The number of hydrogen-bond donors (Lipinski definition) is 0. The van der Waals surface area contributed by atoms with Crippen molar-refractivity contribution in [1.82, 2.24) is 4.90 Å². The van der Waals surface area contributed by atoms with Crippen molar-refractivity contribution in [2.24, 2.45) is 0 Å². The summed E-state index contributed by atoms with van der Waals surface area (Å²) in [5.41, 5.74) is 0. The molecule has 60 valence electrons. The van der Waals surface area contributed by atoms with Crippen LogP contribution in [0.15, 0.2) is 0 Å². The first-order valence-corrected chi connectivity index (χ1v) is 3.24. The van der Waals surface area contributed by atoms with E-state index in [2.05, 4.69) is 5.32 Å². The number of imide groups is 2. The van der Waals surface area contributed by atoms with E-state index in [-0.39, 0.29) is 42.5 Å². The van der Waals surface area contributed by atoms with E-state index in [4.69, 9.17) is 0 Å². The summed E-state index contributed by atoms with van der Waals surface area (Å²) >= 11 is 0. The summed E-state index contributed by atoms with van der Waals surface area (Å²) in [5.74, 6) is -1.11. The molecule has 4 amide bonds. The number of barbiturate groups is 1. The first-order chi connectivity index (χ1) is 5.15.